The van der Waals surface area contributed by atoms with E-state index in [1.807, 2.05) is 0 Å². The molecule has 1 aromatic carbocycles. The van der Waals surface area contributed by atoms with Crippen LogP contribution in [0.15, 0.2) is 42.6 Å². The molecule has 0 saturated carbocycles. The van der Waals surface area contributed by atoms with Crippen molar-refractivity contribution in [1.82, 2.24) is 15.3 Å². The number of hydrogen-bond acceptors (Lipinski definition) is 8. The van der Waals surface area contributed by atoms with Crippen molar-refractivity contribution in [2.45, 2.75) is 25.5 Å². The van der Waals surface area contributed by atoms with Gasteiger partial charge in [0.1, 0.15) is 12.3 Å². The lowest BCUT2D eigenvalue weighted by Gasteiger charge is -2.26. The van der Waals surface area contributed by atoms with Crippen LogP contribution in [0.1, 0.15) is 13.3 Å². The van der Waals surface area contributed by atoms with Gasteiger partial charge in [-0.25, -0.2) is 9.65 Å². The molecule has 0 saturated heterocycles. The molecule has 0 spiro atoms. The molecule has 0 aromatic heterocycles. The van der Waals surface area contributed by atoms with E-state index in [2.05, 4.69) is 16.3 Å². The number of nitrogens with zero attached hydrogens (tertiary/aromatic N) is 1. The van der Waals surface area contributed by atoms with Crippen molar-refractivity contribution in [1.29, 1.82) is 0 Å². The molecule has 2 N–H and O–H groups in total. The summed E-state index contributed by atoms with van der Waals surface area (Å²) in [6.07, 6.45) is 7.81. The number of esters is 1. The molecule has 2 amide bonds. The van der Waals surface area contributed by atoms with Crippen LogP contribution >= 0.6 is 7.75 Å². The maximum absolute atomic E-state index is 13.3. The van der Waals surface area contributed by atoms with Gasteiger partial charge in [-0.1, -0.05) is 24.1 Å². The van der Waals surface area contributed by atoms with Gasteiger partial charge in [-0.3, -0.25) is 18.9 Å². The number of carbonyl (C=O) groups is 3. The number of benzene rings is 1. The van der Waals surface area contributed by atoms with Crippen molar-refractivity contribution in [3.05, 3.63) is 42.6 Å². The van der Waals surface area contributed by atoms with Gasteiger partial charge in [0.25, 0.3) is 0 Å². The van der Waals surface area contributed by atoms with Gasteiger partial charge in [-0.2, -0.15) is 0 Å². The van der Waals surface area contributed by atoms with Crippen LogP contribution in [-0.2, 0) is 32.9 Å². The summed E-state index contributed by atoms with van der Waals surface area (Å²) in [6.45, 7) is 1.14. The Bertz CT molecular complexity index is 903. The summed E-state index contributed by atoms with van der Waals surface area (Å²) in [4.78, 5) is 35.7. The van der Waals surface area contributed by atoms with E-state index in [4.69, 9.17) is 24.9 Å². The van der Waals surface area contributed by atoms with E-state index in [1.54, 1.807) is 37.3 Å². The Kier molecular flexibility index (Phi) is 13.3. The monoisotopic (exact) mass is 495 g/mol. The van der Waals surface area contributed by atoms with E-state index >= 15 is 0 Å². The normalized spacial score (nSPS) is 14.3. The fourth-order valence-electron chi connectivity index (χ4n) is 2.49. The summed E-state index contributed by atoms with van der Waals surface area (Å²) in [5.74, 6) is 1.65. The molecule has 12 heteroatoms. The zero-order valence-corrected chi connectivity index (χ0v) is 20.2. The number of methoxy groups -OCH3 is 1. The van der Waals surface area contributed by atoms with Crippen molar-refractivity contribution in [3.8, 4) is 18.1 Å². The Morgan fingerprint density at radius 2 is 2.00 bits per heavy atom. The van der Waals surface area contributed by atoms with Gasteiger partial charge in [0.2, 0.25) is 12.3 Å². The summed E-state index contributed by atoms with van der Waals surface area (Å²) < 4.78 is 34.5. The van der Waals surface area contributed by atoms with Gasteiger partial charge in [0.15, 0.2) is 0 Å². The lowest BCUT2D eigenvalue weighted by Crippen LogP contribution is -2.35. The first-order valence-electron chi connectivity index (χ1n) is 10.3. The maximum atomic E-state index is 13.3. The predicted molar refractivity (Wildman–Crippen MR) is 124 cm³/mol. The average Bonchev–Trinajstić information content (AvgIpc) is 2.85. The smallest absolute Gasteiger partial charge is 0.459 e. The zero-order chi connectivity index (χ0) is 25.4. The molecule has 34 heavy (non-hydrogen) atoms. The van der Waals surface area contributed by atoms with Crippen LogP contribution < -0.4 is 14.9 Å². The highest BCUT2D eigenvalue weighted by molar-refractivity contribution is 7.52. The molecule has 3 unspecified atom stereocenters. The number of rotatable bonds is 16. The van der Waals surface area contributed by atoms with E-state index in [9.17, 15) is 18.9 Å². The molecule has 1 aromatic rings. The minimum atomic E-state index is -4.03. The Balaban J connectivity index is 2.91. The predicted octanol–water partition coefficient (Wildman–Crippen LogP) is 1.47. The van der Waals surface area contributed by atoms with Gasteiger partial charge >= 0.3 is 13.7 Å². The Labute approximate surface area is 199 Å². The first-order valence-corrected chi connectivity index (χ1v) is 11.9. The molecule has 0 bridgehead atoms. The van der Waals surface area contributed by atoms with Gasteiger partial charge in [-0.15, -0.1) is 6.42 Å². The first kappa shape index (κ1) is 28.9. The van der Waals surface area contributed by atoms with E-state index in [1.165, 1.54) is 20.4 Å². The van der Waals surface area contributed by atoms with Crippen LogP contribution in [0.2, 0.25) is 0 Å². The lowest BCUT2D eigenvalue weighted by atomic mass is 10.1. The summed E-state index contributed by atoms with van der Waals surface area (Å²) in [5, 5.41) is 4.86. The number of likely N-dealkylation sites (N-methyl/N-ethyl adjacent to an activating group) is 1. The standard InChI is InChI=1S/C22H30N3O8P/c1-5-18(25(17-26)13-12-21(27)23-3)14-20(30-4)16-32-34(29,24-15-22(28)31-6-2)33-19-10-8-7-9-11-19/h1,7-13,17-18,20H,6,14-16H2,2-4H3,(H,23,27)(H,24,29)/b13-12-. The Morgan fingerprint density at radius 3 is 2.56 bits per heavy atom. The molecular formula is C22H30N3O8P. The summed E-state index contributed by atoms with van der Waals surface area (Å²) in [7, 11) is -1.19. The van der Waals surface area contributed by atoms with Crippen LogP contribution in [-0.4, -0.2) is 69.2 Å². The molecule has 1 rings (SSSR count). The highest BCUT2D eigenvalue weighted by Crippen LogP contribution is 2.44. The largest absolute Gasteiger partial charge is 0.465 e. The van der Waals surface area contributed by atoms with Crippen molar-refractivity contribution in [2.24, 2.45) is 0 Å². The van der Waals surface area contributed by atoms with Gasteiger partial charge < -0.3 is 24.2 Å². The zero-order valence-electron chi connectivity index (χ0n) is 19.3. The fraction of sp³-hybridized carbons (Fsp3) is 0.409. The second kappa shape index (κ2) is 15.6. The second-order valence-electron chi connectivity index (χ2n) is 6.60. The minimum Gasteiger partial charge on any atom is -0.465 e. The van der Waals surface area contributed by atoms with E-state index in [-0.39, 0.29) is 25.4 Å². The molecule has 186 valence electrons. The van der Waals surface area contributed by atoms with Crippen LogP contribution in [0.4, 0.5) is 0 Å². The molecule has 3 atom stereocenters. The fourth-order valence-corrected chi connectivity index (χ4v) is 3.78. The van der Waals surface area contributed by atoms with E-state index in [0.29, 0.717) is 6.41 Å². The van der Waals surface area contributed by atoms with Crippen LogP contribution in [0.5, 0.6) is 5.75 Å². The van der Waals surface area contributed by atoms with Crippen molar-refractivity contribution in [2.75, 3.05) is 33.9 Å². The van der Waals surface area contributed by atoms with Gasteiger partial charge in [0.05, 0.1) is 25.4 Å². The molecule has 0 aliphatic carbocycles. The van der Waals surface area contributed by atoms with Gasteiger partial charge in [0, 0.05) is 32.9 Å². The third-order valence-electron chi connectivity index (χ3n) is 4.26. The number of nitrogens with one attached hydrogen (secondary N) is 2. The number of ether oxygens (including phenoxy) is 2. The van der Waals surface area contributed by atoms with Crippen molar-refractivity contribution >= 4 is 26.0 Å². The molecule has 0 aliphatic heterocycles. The number of para-hydroxylation sites is 1. The highest BCUT2D eigenvalue weighted by Gasteiger charge is 2.30. The second-order valence-corrected chi connectivity index (χ2v) is 8.35. The third-order valence-corrected chi connectivity index (χ3v) is 5.75. The van der Waals surface area contributed by atoms with Crippen LogP contribution in [0.25, 0.3) is 0 Å². The van der Waals surface area contributed by atoms with Crippen LogP contribution in [0, 0.1) is 12.3 Å². The number of carbonyl (C=O) groups excluding carboxylic acids is 3. The summed E-state index contributed by atoms with van der Waals surface area (Å²) in [5.41, 5.74) is 0. The highest BCUT2D eigenvalue weighted by atomic mass is 31.2. The maximum Gasteiger partial charge on any atom is 0.459 e. The summed E-state index contributed by atoms with van der Waals surface area (Å²) in [6, 6.07) is 7.48. The minimum absolute atomic E-state index is 0.0903. The lowest BCUT2D eigenvalue weighted by molar-refractivity contribution is -0.141. The molecular weight excluding hydrogens is 465 g/mol. The molecule has 11 nitrogen and oxygen atoms in total. The van der Waals surface area contributed by atoms with Crippen LogP contribution in [0.3, 0.4) is 0 Å². The average molecular weight is 495 g/mol. The quantitative estimate of drug-likeness (QED) is 0.115. The molecule has 0 aliphatic rings. The Morgan fingerprint density at radius 1 is 1.29 bits per heavy atom. The molecule has 0 radical (unpaired) electrons. The Hall–Kier alpha value is -3.16. The van der Waals surface area contributed by atoms with E-state index < -0.39 is 38.3 Å². The third kappa shape index (κ3) is 10.6. The topological polar surface area (TPSA) is 132 Å². The molecule has 0 fully saturated rings. The number of amides is 2. The number of terminal acetylenes is 1. The van der Waals surface area contributed by atoms with E-state index in [0.717, 1.165) is 11.0 Å². The van der Waals surface area contributed by atoms with Gasteiger partial charge in [-0.05, 0) is 19.1 Å². The molecule has 0 heterocycles. The summed E-state index contributed by atoms with van der Waals surface area (Å²) >= 11 is 0. The van der Waals surface area contributed by atoms with Crippen molar-refractivity contribution < 1.29 is 37.5 Å². The first-order chi connectivity index (χ1) is 16.3. The number of hydrogen-bond donors (Lipinski definition) is 2. The van der Waals surface area contributed by atoms with Crippen molar-refractivity contribution in [3.63, 3.8) is 0 Å². The SMILES string of the molecule is C#CC(CC(COP(=O)(NCC(=O)OCC)Oc1ccccc1)OC)N(C=O)/C=C\C(=O)NC.